The van der Waals surface area contributed by atoms with Crippen LogP contribution in [0.3, 0.4) is 0 Å². The minimum absolute atomic E-state index is 0.662. The average Bonchev–Trinajstić information content (AvgIpc) is 2.47. The summed E-state index contributed by atoms with van der Waals surface area (Å²) in [5, 5.41) is 0.884. The number of hydrogen-bond acceptors (Lipinski definition) is 6. The lowest BCUT2D eigenvalue weighted by Crippen LogP contribution is -2.12. The van der Waals surface area contributed by atoms with E-state index in [1.807, 2.05) is 31.2 Å². The number of nitrogens with zero attached hydrogens (tertiary/aromatic N) is 2. The molecule has 1 heterocycles. The molecular formula is C13H16N4OS. The van der Waals surface area contributed by atoms with Crippen LogP contribution in [0.25, 0.3) is 0 Å². The standard InChI is InChI=1S/C13H16N4OS/c1-3-9-12(17-14)15-8-16-13(9)19-11-7-5-4-6-10(11)18-2/h4-8H,3,14H2,1-2H3,(H,15,16,17). The fourth-order valence-corrected chi connectivity index (χ4v) is 2.81. The monoisotopic (exact) mass is 276 g/mol. The van der Waals surface area contributed by atoms with Gasteiger partial charge in [0.15, 0.2) is 0 Å². The highest BCUT2D eigenvalue weighted by molar-refractivity contribution is 7.99. The lowest BCUT2D eigenvalue weighted by Gasteiger charge is -2.12. The first-order valence-corrected chi connectivity index (χ1v) is 6.73. The zero-order chi connectivity index (χ0) is 13.7. The van der Waals surface area contributed by atoms with Gasteiger partial charge in [-0.15, -0.1) is 0 Å². The summed E-state index contributed by atoms with van der Waals surface area (Å²) in [6, 6.07) is 7.84. The summed E-state index contributed by atoms with van der Waals surface area (Å²) >= 11 is 1.55. The lowest BCUT2D eigenvalue weighted by molar-refractivity contribution is 0.405. The second-order valence-corrected chi connectivity index (χ2v) is 4.79. The molecule has 1 aromatic carbocycles. The Hall–Kier alpha value is -1.79. The molecule has 0 aliphatic rings. The van der Waals surface area contributed by atoms with E-state index in [1.54, 1.807) is 18.9 Å². The summed E-state index contributed by atoms with van der Waals surface area (Å²) in [5.41, 5.74) is 3.61. The van der Waals surface area contributed by atoms with Crippen LogP contribution in [0, 0.1) is 0 Å². The quantitative estimate of drug-likeness (QED) is 0.496. The first-order chi connectivity index (χ1) is 9.30. The first-order valence-electron chi connectivity index (χ1n) is 5.91. The average molecular weight is 276 g/mol. The minimum Gasteiger partial charge on any atom is -0.496 e. The number of hydrogen-bond donors (Lipinski definition) is 2. The number of aromatic nitrogens is 2. The van der Waals surface area contributed by atoms with Crippen molar-refractivity contribution in [1.82, 2.24) is 9.97 Å². The van der Waals surface area contributed by atoms with Crippen molar-refractivity contribution in [2.24, 2.45) is 5.84 Å². The van der Waals surface area contributed by atoms with Crippen LogP contribution < -0.4 is 16.0 Å². The predicted molar refractivity (Wildman–Crippen MR) is 76.3 cm³/mol. The second kappa shape index (κ2) is 6.40. The molecule has 0 spiro atoms. The van der Waals surface area contributed by atoms with Crippen LogP contribution in [0.2, 0.25) is 0 Å². The van der Waals surface area contributed by atoms with Gasteiger partial charge in [0.1, 0.15) is 22.9 Å². The maximum absolute atomic E-state index is 5.47. The number of nitrogens with two attached hydrogens (primary N) is 1. The molecule has 0 fully saturated rings. The minimum atomic E-state index is 0.662. The van der Waals surface area contributed by atoms with E-state index >= 15 is 0 Å². The summed E-state index contributed by atoms with van der Waals surface area (Å²) in [6.07, 6.45) is 2.31. The number of benzene rings is 1. The maximum Gasteiger partial charge on any atom is 0.147 e. The van der Waals surface area contributed by atoms with Gasteiger partial charge >= 0.3 is 0 Å². The van der Waals surface area contributed by atoms with E-state index in [1.165, 1.54) is 6.33 Å². The van der Waals surface area contributed by atoms with Crippen molar-refractivity contribution >= 4 is 17.6 Å². The molecule has 0 saturated carbocycles. The normalized spacial score (nSPS) is 10.3. The number of anilines is 1. The molecule has 2 aromatic rings. The molecule has 3 N–H and O–H groups in total. The number of methoxy groups -OCH3 is 1. The Morgan fingerprint density at radius 2 is 2.11 bits per heavy atom. The van der Waals surface area contributed by atoms with E-state index in [2.05, 4.69) is 15.4 Å². The van der Waals surface area contributed by atoms with Gasteiger partial charge in [0, 0.05) is 5.56 Å². The summed E-state index contributed by atoms with van der Waals surface area (Å²) in [6.45, 7) is 2.05. The fraction of sp³-hybridized carbons (Fsp3) is 0.231. The highest BCUT2D eigenvalue weighted by atomic mass is 32.2. The Morgan fingerprint density at radius 1 is 1.32 bits per heavy atom. The van der Waals surface area contributed by atoms with Crippen LogP contribution in [0.1, 0.15) is 12.5 Å². The van der Waals surface area contributed by atoms with Crippen LogP contribution in [0.4, 0.5) is 5.82 Å². The first kappa shape index (κ1) is 13.6. The van der Waals surface area contributed by atoms with Gasteiger partial charge < -0.3 is 10.2 Å². The molecule has 19 heavy (non-hydrogen) atoms. The Kier molecular flexibility index (Phi) is 4.59. The number of nitrogens with one attached hydrogen (secondary N) is 1. The molecule has 2 rings (SSSR count). The molecule has 100 valence electrons. The van der Waals surface area contributed by atoms with Crippen molar-refractivity contribution in [2.75, 3.05) is 12.5 Å². The number of rotatable bonds is 5. The van der Waals surface area contributed by atoms with Gasteiger partial charge in [0.25, 0.3) is 0 Å². The van der Waals surface area contributed by atoms with Crippen molar-refractivity contribution in [3.8, 4) is 5.75 Å². The van der Waals surface area contributed by atoms with Crippen molar-refractivity contribution in [3.63, 3.8) is 0 Å². The summed E-state index contributed by atoms with van der Waals surface area (Å²) in [7, 11) is 1.66. The highest BCUT2D eigenvalue weighted by Crippen LogP contribution is 2.36. The van der Waals surface area contributed by atoms with Gasteiger partial charge in [-0.1, -0.05) is 30.8 Å². The Morgan fingerprint density at radius 3 is 2.79 bits per heavy atom. The number of ether oxygens (including phenoxy) is 1. The van der Waals surface area contributed by atoms with E-state index in [-0.39, 0.29) is 0 Å². The zero-order valence-electron chi connectivity index (χ0n) is 10.9. The Labute approximate surface area is 116 Å². The fourth-order valence-electron chi connectivity index (χ4n) is 1.73. The molecule has 0 aliphatic carbocycles. The van der Waals surface area contributed by atoms with Gasteiger partial charge in [-0.25, -0.2) is 15.8 Å². The van der Waals surface area contributed by atoms with Gasteiger partial charge in [0.05, 0.1) is 12.0 Å². The van der Waals surface area contributed by atoms with E-state index < -0.39 is 0 Å². The molecule has 1 aromatic heterocycles. The zero-order valence-corrected chi connectivity index (χ0v) is 11.7. The van der Waals surface area contributed by atoms with Crippen LogP contribution in [0.15, 0.2) is 40.5 Å². The van der Waals surface area contributed by atoms with Gasteiger partial charge in [0.2, 0.25) is 0 Å². The van der Waals surface area contributed by atoms with Crippen molar-refractivity contribution in [3.05, 3.63) is 36.2 Å². The van der Waals surface area contributed by atoms with Gasteiger partial charge in [-0.05, 0) is 18.6 Å². The molecule has 0 unspecified atom stereocenters. The molecule has 6 heteroatoms. The molecule has 0 bridgehead atoms. The van der Waals surface area contributed by atoms with Crippen LogP contribution in [0.5, 0.6) is 5.75 Å². The van der Waals surface area contributed by atoms with E-state index in [9.17, 15) is 0 Å². The van der Waals surface area contributed by atoms with Crippen LogP contribution >= 0.6 is 11.8 Å². The third-order valence-corrected chi connectivity index (χ3v) is 3.77. The molecular weight excluding hydrogens is 260 g/mol. The molecule has 5 nitrogen and oxygen atoms in total. The topological polar surface area (TPSA) is 73.1 Å². The SMILES string of the molecule is CCc1c(NN)ncnc1Sc1ccccc1OC. The lowest BCUT2D eigenvalue weighted by atomic mass is 10.2. The van der Waals surface area contributed by atoms with Crippen LogP contribution in [-0.4, -0.2) is 17.1 Å². The van der Waals surface area contributed by atoms with Crippen molar-refractivity contribution in [2.45, 2.75) is 23.3 Å². The molecule has 0 radical (unpaired) electrons. The number of hydrazine groups is 1. The number of nitrogen functional groups attached to an aromatic ring is 1. The van der Waals surface area contributed by atoms with Crippen LogP contribution in [-0.2, 0) is 6.42 Å². The Bertz CT molecular complexity index is 562. The highest BCUT2D eigenvalue weighted by Gasteiger charge is 2.12. The third-order valence-electron chi connectivity index (χ3n) is 2.67. The van der Waals surface area contributed by atoms with E-state index in [0.29, 0.717) is 5.82 Å². The van der Waals surface area contributed by atoms with Crippen molar-refractivity contribution in [1.29, 1.82) is 0 Å². The van der Waals surface area contributed by atoms with E-state index in [4.69, 9.17) is 10.6 Å². The Balaban J connectivity index is 2.38. The largest absolute Gasteiger partial charge is 0.496 e. The van der Waals surface area contributed by atoms with Gasteiger partial charge in [-0.3, -0.25) is 0 Å². The molecule has 0 amide bonds. The molecule has 0 aliphatic heterocycles. The maximum atomic E-state index is 5.47. The summed E-state index contributed by atoms with van der Waals surface area (Å²) < 4.78 is 5.34. The summed E-state index contributed by atoms with van der Waals surface area (Å²) in [5.74, 6) is 6.96. The smallest absolute Gasteiger partial charge is 0.147 e. The van der Waals surface area contributed by atoms with E-state index in [0.717, 1.165) is 27.7 Å². The second-order valence-electron chi connectivity index (χ2n) is 3.76. The summed E-state index contributed by atoms with van der Waals surface area (Å²) in [4.78, 5) is 9.47. The molecule has 0 atom stereocenters. The number of para-hydroxylation sites is 1. The predicted octanol–water partition coefficient (Wildman–Crippen LogP) is 2.48. The van der Waals surface area contributed by atoms with Gasteiger partial charge in [-0.2, -0.15) is 0 Å². The third kappa shape index (κ3) is 2.97. The molecule has 0 saturated heterocycles. The van der Waals surface area contributed by atoms with Crippen molar-refractivity contribution < 1.29 is 4.74 Å².